The average Bonchev–Trinajstić information content (AvgIpc) is 2.48. The lowest BCUT2D eigenvalue weighted by Crippen LogP contribution is -2.44. The first-order valence-corrected chi connectivity index (χ1v) is 8.92. The molecule has 0 amide bonds. The Bertz CT molecular complexity index is 451. The van der Waals surface area contributed by atoms with Crippen LogP contribution in [0.15, 0.2) is 24.3 Å². The van der Waals surface area contributed by atoms with Gasteiger partial charge in [0.1, 0.15) is 0 Å². The standard InChI is InChI=1S/C17H24INO/c18-15-7-3-2-6-14(15)16(19)13-8-11-20-17(12-13)9-4-1-5-10-17/h2-3,6-7,13,16H,1,4-5,8-12,19H2. The van der Waals surface area contributed by atoms with Crippen molar-refractivity contribution in [1.82, 2.24) is 0 Å². The van der Waals surface area contributed by atoms with Crippen LogP contribution < -0.4 is 5.73 Å². The number of benzene rings is 1. The van der Waals surface area contributed by atoms with Crippen molar-refractivity contribution in [3.8, 4) is 0 Å². The molecule has 1 heterocycles. The summed E-state index contributed by atoms with van der Waals surface area (Å²) in [5.41, 5.74) is 8.06. The summed E-state index contributed by atoms with van der Waals surface area (Å²) in [6.45, 7) is 0.891. The van der Waals surface area contributed by atoms with Crippen molar-refractivity contribution in [3.63, 3.8) is 0 Å². The molecule has 1 aliphatic carbocycles. The van der Waals surface area contributed by atoms with Gasteiger partial charge < -0.3 is 10.5 Å². The molecule has 110 valence electrons. The SMILES string of the molecule is NC(c1ccccc1I)C1CCOC2(CCCCC2)C1. The third-order valence-corrected chi connectivity index (χ3v) is 6.05. The Hall–Kier alpha value is -0.130. The van der Waals surface area contributed by atoms with E-state index in [1.807, 2.05) is 0 Å². The second kappa shape index (κ2) is 6.32. The summed E-state index contributed by atoms with van der Waals surface area (Å²) in [7, 11) is 0. The zero-order valence-corrected chi connectivity index (χ0v) is 14.1. The fourth-order valence-corrected chi connectivity index (χ4v) is 4.66. The molecule has 1 aromatic rings. The van der Waals surface area contributed by atoms with Crippen LogP contribution in [0.25, 0.3) is 0 Å². The Balaban J connectivity index is 1.75. The summed E-state index contributed by atoms with van der Waals surface area (Å²) >= 11 is 2.41. The summed E-state index contributed by atoms with van der Waals surface area (Å²) in [5, 5.41) is 0. The summed E-state index contributed by atoms with van der Waals surface area (Å²) < 4.78 is 7.49. The van der Waals surface area contributed by atoms with Gasteiger partial charge in [0.25, 0.3) is 0 Å². The molecular formula is C17H24INO. The molecule has 0 radical (unpaired) electrons. The van der Waals surface area contributed by atoms with E-state index in [9.17, 15) is 0 Å². The van der Waals surface area contributed by atoms with Crippen molar-refractivity contribution in [1.29, 1.82) is 0 Å². The van der Waals surface area contributed by atoms with E-state index in [4.69, 9.17) is 10.5 Å². The van der Waals surface area contributed by atoms with Crippen molar-refractivity contribution in [3.05, 3.63) is 33.4 Å². The predicted octanol–water partition coefficient (Wildman–Crippen LogP) is 4.42. The minimum Gasteiger partial charge on any atom is -0.375 e. The molecule has 2 atom stereocenters. The van der Waals surface area contributed by atoms with Gasteiger partial charge >= 0.3 is 0 Å². The van der Waals surface area contributed by atoms with E-state index in [2.05, 4.69) is 46.9 Å². The highest BCUT2D eigenvalue weighted by Crippen LogP contribution is 2.44. The minimum atomic E-state index is 0.152. The number of nitrogens with two attached hydrogens (primary N) is 1. The Morgan fingerprint density at radius 2 is 1.95 bits per heavy atom. The number of halogens is 1. The number of ether oxygens (including phenoxy) is 1. The normalized spacial score (nSPS) is 27.4. The lowest BCUT2D eigenvalue weighted by molar-refractivity contribution is -0.120. The minimum absolute atomic E-state index is 0.152. The zero-order chi connectivity index (χ0) is 14.0. The van der Waals surface area contributed by atoms with Gasteiger partial charge in [-0.2, -0.15) is 0 Å². The van der Waals surface area contributed by atoms with Gasteiger partial charge in [-0.3, -0.25) is 0 Å². The number of hydrogen-bond donors (Lipinski definition) is 1. The fraction of sp³-hybridized carbons (Fsp3) is 0.647. The molecule has 3 rings (SSSR count). The molecule has 2 aliphatic rings. The van der Waals surface area contributed by atoms with Crippen LogP contribution in [0.4, 0.5) is 0 Å². The van der Waals surface area contributed by atoms with Gasteiger partial charge in [-0.25, -0.2) is 0 Å². The molecule has 2 nitrogen and oxygen atoms in total. The molecule has 1 spiro atoms. The molecule has 1 aliphatic heterocycles. The molecule has 3 heteroatoms. The van der Waals surface area contributed by atoms with Crippen molar-refractivity contribution in [2.45, 2.75) is 56.6 Å². The maximum atomic E-state index is 6.60. The average molecular weight is 385 g/mol. The van der Waals surface area contributed by atoms with E-state index in [0.29, 0.717) is 5.92 Å². The van der Waals surface area contributed by atoms with Crippen LogP contribution >= 0.6 is 22.6 Å². The van der Waals surface area contributed by atoms with Crippen LogP contribution in [0.2, 0.25) is 0 Å². The van der Waals surface area contributed by atoms with Crippen molar-refractivity contribution < 1.29 is 4.74 Å². The van der Waals surface area contributed by atoms with Crippen LogP contribution in [0.1, 0.15) is 56.6 Å². The molecular weight excluding hydrogens is 361 g/mol. The third kappa shape index (κ3) is 3.04. The van der Waals surface area contributed by atoms with E-state index in [1.54, 1.807) is 0 Å². The van der Waals surface area contributed by atoms with Crippen molar-refractivity contribution in [2.24, 2.45) is 11.7 Å². The predicted molar refractivity (Wildman–Crippen MR) is 90.6 cm³/mol. The molecule has 1 saturated heterocycles. The van der Waals surface area contributed by atoms with Gasteiger partial charge in [0, 0.05) is 16.2 Å². The van der Waals surface area contributed by atoms with Gasteiger partial charge in [-0.05, 0) is 65.8 Å². The van der Waals surface area contributed by atoms with Gasteiger partial charge in [0.05, 0.1) is 5.60 Å². The van der Waals surface area contributed by atoms with Crippen molar-refractivity contribution in [2.75, 3.05) is 6.61 Å². The summed E-state index contributed by atoms with van der Waals surface area (Å²) in [6, 6.07) is 8.70. The highest BCUT2D eigenvalue weighted by molar-refractivity contribution is 14.1. The Morgan fingerprint density at radius 1 is 1.20 bits per heavy atom. The second-order valence-electron chi connectivity index (χ2n) is 6.39. The highest BCUT2D eigenvalue weighted by atomic mass is 127. The summed E-state index contributed by atoms with van der Waals surface area (Å²) in [6.07, 6.45) is 8.76. The topological polar surface area (TPSA) is 35.2 Å². The van der Waals surface area contributed by atoms with E-state index in [0.717, 1.165) is 19.4 Å². The lowest BCUT2D eigenvalue weighted by atomic mass is 9.73. The quantitative estimate of drug-likeness (QED) is 0.765. The molecule has 1 aromatic carbocycles. The Morgan fingerprint density at radius 3 is 2.70 bits per heavy atom. The lowest BCUT2D eigenvalue weighted by Gasteiger charge is -2.45. The largest absolute Gasteiger partial charge is 0.375 e. The number of hydrogen-bond acceptors (Lipinski definition) is 2. The summed E-state index contributed by atoms with van der Waals surface area (Å²) in [5.74, 6) is 0.567. The second-order valence-corrected chi connectivity index (χ2v) is 7.55. The molecule has 20 heavy (non-hydrogen) atoms. The molecule has 0 aromatic heterocycles. The fourth-order valence-electron chi connectivity index (χ4n) is 3.92. The summed E-state index contributed by atoms with van der Waals surface area (Å²) in [4.78, 5) is 0. The van der Waals surface area contributed by atoms with Crippen LogP contribution in [0.3, 0.4) is 0 Å². The van der Waals surface area contributed by atoms with Gasteiger partial charge in [-0.15, -0.1) is 0 Å². The van der Waals surface area contributed by atoms with Crippen LogP contribution in [0, 0.1) is 9.49 Å². The highest BCUT2D eigenvalue weighted by Gasteiger charge is 2.40. The monoisotopic (exact) mass is 385 g/mol. The first-order valence-electron chi connectivity index (χ1n) is 7.84. The first kappa shape index (κ1) is 14.8. The smallest absolute Gasteiger partial charge is 0.0685 e. The van der Waals surface area contributed by atoms with E-state index in [1.165, 1.54) is 41.2 Å². The Kier molecular flexibility index (Phi) is 4.68. The Labute approximate surface area is 135 Å². The van der Waals surface area contributed by atoms with Crippen molar-refractivity contribution >= 4 is 22.6 Å². The van der Waals surface area contributed by atoms with Gasteiger partial charge in [0.15, 0.2) is 0 Å². The molecule has 2 N–H and O–H groups in total. The molecule has 2 unspecified atom stereocenters. The zero-order valence-electron chi connectivity index (χ0n) is 12.0. The van der Waals surface area contributed by atoms with Crippen LogP contribution in [-0.4, -0.2) is 12.2 Å². The maximum Gasteiger partial charge on any atom is 0.0685 e. The van der Waals surface area contributed by atoms with E-state index < -0.39 is 0 Å². The maximum absolute atomic E-state index is 6.60. The molecule has 0 bridgehead atoms. The third-order valence-electron chi connectivity index (χ3n) is 5.07. The number of rotatable bonds is 2. The van der Waals surface area contributed by atoms with Gasteiger partial charge in [-0.1, -0.05) is 37.5 Å². The van der Waals surface area contributed by atoms with E-state index >= 15 is 0 Å². The van der Waals surface area contributed by atoms with E-state index in [-0.39, 0.29) is 11.6 Å². The first-order chi connectivity index (χ1) is 9.70. The van der Waals surface area contributed by atoms with Crippen LogP contribution in [-0.2, 0) is 4.74 Å². The molecule has 2 fully saturated rings. The van der Waals surface area contributed by atoms with Gasteiger partial charge in [0.2, 0.25) is 0 Å². The van der Waals surface area contributed by atoms with Crippen LogP contribution in [0.5, 0.6) is 0 Å². The molecule has 1 saturated carbocycles.